The molecule has 0 amide bonds. The molecule has 1 N–H and O–H groups in total. The smallest absolute Gasteiger partial charge is 0.652 e. The minimum Gasteiger partial charge on any atom is -0.652 e. The molecular weight excluding hydrogens is 177 g/mol. The van der Waals surface area contributed by atoms with Crippen LogP contribution in [0.15, 0.2) is 0 Å². The van der Waals surface area contributed by atoms with Gasteiger partial charge < -0.3 is 30.0 Å². The largest absolute Gasteiger partial charge is 1.00 e. The van der Waals surface area contributed by atoms with Crippen molar-refractivity contribution in [3.05, 3.63) is 0 Å². The van der Waals surface area contributed by atoms with E-state index in [1.54, 1.807) is 6.92 Å². The SMILES string of the molecule is CCC(O)C(=O)[O-].O=C([O-])[O-].[Li+].[Li+].[Li+]. The van der Waals surface area contributed by atoms with Crippen LogP contribution in [0.2, 0.25) is 0 Å². The van der Waals surface area contributed by atoms with Gasteiger partial charge in [-0.15, -0.1) is 0 Å². The fraction of sp³-hybridized carbons (Fsp3) is 0.600. The summed E-state index contributed by atoms with van der Waals surface area (Å²) in [6, 6.07) is 0. The number of aliphatic carboxylic acids is 1. The van der Waals surface area contributed by atoms with Crippen molar-refractivity contribution in [2.45, 2.75) is 19.4 Å². The van der Waals surface area contributed by atoms with Crippen LogP contribution in [0.5, 0.6) is 0 Å². The Balaban J connectivity index is -0.0000000347. The maximum Gasteiger partial charge on any atom is 1.00 e. The van der Waals surface area contributed by atoms with E-state index in [9.17, 15) is 9.90 Å². The minimum atomic E-state index is -2.33. The number of aliphatic hydroxyl groups is 1. The van der Waals surface area contributed by atoms with Gasteiger partial charge in [0, 0.05) is 0 Å². The normalized spacial score (nSPS) is 8.43. The predicted octanol–water partition coefficient (Wildman–Crippen LogP) is -12.9. The van der Waals surface area contributed by atoms with Gasteiger partial charge in [0.15, 0.2) is 0 Å². The molecule has 0 fully saturated rings. The Kier molecular flexibility index (Phi) is 40.0. The van der Waals surface area contributed by atoms with Gasteiger partial charge in [-0.2, -0.15) is 0 Å². The van der Waals surface area contributed by atoms with Gasteiger partial charge in [0.25, 0.3) is 0 Å². The molecule has 0 saturated carbocycles. The van der Waals surface area contributed by atoms with Crippen LogP contribution in [0.4, 0.5) is 4.79 Å². The molecular formula is C5H7Li3O6. The van der Waals surface area contributed by atoms with Crippen molar-refractivity contribution in [2.75, 3.05) is 0 Å². The predicted molar refractivity (Wildman–Crippen MR) is 26.7 cm³/mol. The summed E-state index contributed by atoms with van der Waals surface area (Å²) in [5.41, 5.74) is 0. The maximum atomic E-state index is 9.57. The van der Waals surface area contributed by atoms with E-state index in [-0.39, 0.29) is 63.0 Å². The van der Waals surface area contributed by atoms with E-state index in [0.717, 1.165) is 0 Å². The van der Waals surface area contributed by atoms with E-state index in [4.69, 9.17) is 20.1 Å². The first kappa shape index (κ1) is 29.3. The van der Waals surface area contributed by atoms with Crippen LogP contribution in [0.3, 0.4) is 0 Å². The first-order valence-electron chi connectivity index (χ1n) is 2.68. The number of hydrogen-bond donors (Lipinski definition) is 1. The zero-order chi connectivity index (χ0) is 9.44. The number of carboxylic acid groups (broad SMARTS) is 3. The molecule has 0 radical (unpaired) electrons. The van der Waals surface area contributed by atoms with Gasteiger partial charge in [0.1, 0.15) is 0 Å². The molecule has 1 unspecified atom stereocenters. The molecule has 0 bridgehead atoms. The Labute approximate surface area is 118 Å². The third kappa shape index (κ3) is 39.1. The van der Waals surface area contributed by atoms with E-state index < -0.39 is 18.2 Å². The van der Waals surface area contributed by atoms with E-state index >= 15 is 0 Å². The number of aliphatic hydroxyl groups excluding tert-OH is 1. The summed E-state index contributed by atoms with van der Waals surface area (Å²) < 4.78 is 0. The second-order valence-electron chi connectivity index (χ2n) is 1.49. The number of hydrogen-bond acceptors (Lipinski definition) is 6. The monoisotopic (exact) mass is 184 g/mol. The molecule has 0 aromatic rings. The van der Waals surface area contributed by atoms with Gasteiger partial charge in [-0.1, -0.05) is 6.92 Å². The summed E-state index contributed by atoms with van der Waals surface area (Å²) in [7, 11) is 0. The molecule has 14 heavy (non-hydrogen) atoms. The van der Waals surface area contributed by atoms with Crippen molar-refractivity contribution in [3.8, 4) is 0 Å². The fourth-order valence-corrected chi connectivity index (χ4v) is 0.167. The number of rotatable bonds is 2. The van der Waals surface area contributed by atoms with Gasteiger partial charge in [0.05, 0.1) is 12.1 Å². The summed E-state index contributed by atoms with van der Waals surface area (Å²) >= 11 is 0. The molecule has 0 aliphatic carbocycles. The van der Waals surface area contributed by atoms with Crippen LogP contribution in [-0.2, 0) is 4.79 Å². The van der Waals surface area contributed by atoms with Crippen LogP contribution in [0, 0.1) is 0 Å². The molecule has 1 atom stereocenters. The first-order chi connectivity index (χ1) is 4.91. The van der Waals surface area contributed by atoms with Gasteiger partial charge >= 0.3 is 56.6 Å². The van der Waals surface area contributed by atoms with Gasteiger partial charge in [-0.25, -0.2) is 0 Å². The molecule has 6 nitrogen and oxygen atoms in total. The average molecular weight is 184 g/mol. The molecule has 66 valence electrons. The zero-order valence-corrected chi connectivity index (χ0v) is 8.77. The van der Waals surface area contributed by atoms with E-state index in [0.29, 0.717) is 0 Å². The number of carbonyl (C=O) groups is 2. The molecule has 0 aromatic heterocycles. The molecule has 0 rings (SSSR count). The fourth-order valence-electron chi connectivity index (χ4n) is 0.167. The second kappa shape index (κ2) is 19.1. The van der Waals surface area contributed by atoms with Crippen LogP contribution >= 0.6 is 0 Å². The Morgan fingerprint density at radius 1 is 1.14 bits per heavy atom. The van der Waals surface area contributed by atoms with Crippen LogP contribution < -0.4 is 71.9 Å². The Morgan fingerprint density at radius 3 is 1.36 bits per heavy atom. The van der Waals surface area contributed by atoms with E-state index in [2.05, 4.69) is 0 Å². The third-order valence-corrected chi connectivity index (χ3v) is 0.659. The van der Waals surface area contributed by atoms with Crippen molar-refractivity contribution in [1.82, 2.24) is 0 Å². The van der Waals surface area contributed by atoms with Crippen molar-refractivity contribution < 1.29 is 86.6 Å². The number of carboxylic acids is 1. The van der Waals surface area contributed by atoms with Gasteiger partial charge in [-0.05, 0) is 12.6 Å². The van der Waals surface area contributed by atoms with Crippen molar-refractivity contribution in [1.29, 1.82) is 0 Å². The molecule has 0 aliphatic heterocycles. The summed E-state index contributed by atoms with van der Waals surface area (Å²) in [4.78, 5) is 17.9. The Hall–Kier alpha value is 0.492. The van der Waals surface area contributed by atoms with E-state index in [1.165, 1.54) is 0 Å². The van der Waals surface area contributed by atoms with Crippen LogP contribution in [0.25, 0.3) is 0 Å². The van der Waals surface area contributed by atoms with Gasteiger partial charge in [0.2, 0.25) is 0 Å². The third-order valence-electron chi connectivity index (χ3n) is 0.659. The average Bonchev–Trinajstić information content (AvgIpc) is 1.85. The summed E-state index contributed by atoms with van der Waals surface area (Å²) in [5, 5.41) is 34.5. The summed E-state index contributed by atoms with van der Waals surface area (Å²) in [6.45, 7) is 1.57. The summed E-state index contributed by atoms with van der Waals surface area (Å²) in [5.74, 6) is -1.40. The molecule has 0 aliphatic rings. The second-order valence-corrected chi connectivity index (χ2v) is 1.49. The van der Waals surface area contributed by atoms with Crippen LogP contribution in [-0.4, -0.2) is 23.3 Å². The first-order valence-corrected chi connectivity index (χ1v) is 2.68. The maximum absolute atomic E-state index is 9.57. The van der Waals surface area contributed by atoms with Crippen molar-refractivity contribution >= 4 is 12.1 Å². The molecule has 0 heterocycles. The molecule has 0 saturated heterocycles. The molecule has 0 spiro atoms. The van der Waals surface area contributed by atoms with E-state index in [1.807, 2.05) is 0 Å². The van der Waals surface area contributed by atoms with Gasteiger partial charge in [-0.3, -0.25) is 0 Å². The van der Waals surface area contributed by atoms with Crippen molar-refractivity contribution in [2.24, 2.45) is 0 Å². The topological polar surface area (TPSA) is 124 Å². The number of carbonyl (C=O) groups excluding carboxylic acids is 2. The standard InChI is InChI=1S/C4H8O3.CH2O3.3Li/c1-2-3(5)4(6)7;2-1(3)4;;;/h3,5H,2H2,1H3,(H,6,7);(H2,2,3,4);;;/q;;3*+1/p-3. The zero-order valence-electron chi connectivity index (χ0n) is 8.77. The summed E-state index contributed by atoms with van der Waals surface area (Å²) in [6.07, 6.45) is -3.41. The Bertz CT molecular complexity index is 137. The van der Waals surface area contributed by atoms with Crippen molar-refractivity contribution in [3.63, 3.8) is 0 Å². The Morgan fingerprint density at radius 2 is 1.36 bits per heavy atom. The molecule has 0 aromatic carbocycles. The molecule has 9 heteroatoms. The van der Waals surface area contributed by atoms with Crippen LogP contribution in [0.1, 0.15) is 13.3 Å². The minimum absolute atomic E-state index is 0. The quantitative estimate of drug-likeness (QED) is 0.425.